The van der Waals surface area contributed by atoms with Crippen LogP contribution in [0.25, 0.3) is 23.3 Å². The first-order valence-electron chi connectivity index (χ1n) is 11.9. The Morgan fingerprint density at radius 3 is 1.29 bits per heavy atom. The van der Waals surface area contributed by atoms with E-state index in [1.54, 1.807) is 48.8 Å². The van der Waals surface area contributed by atoms with Gasteiger partial charge in [-0.1, -0.05) is 86.0 Å². The third-order valence-corrected chi connectivity index (χ3v) is 5.68. The highest BCUT2D eigenvalue weighted by molar-refractivity contribution is 5.96. The maximum absolute atomic E-state index is 12.4. The first kappa shape index (κ1) is 25.7. The highest BCUT2D eigenvalue weighted by Gasteiger charge is 2.07. The van der Waals surface area contributed by atoms with E-state index in [4.69, 9.17) is 0 Å². The number of nitrogens with zero attached hydrogens (tertiary/aromatic N) is 2. The second-order valence-corrected chi connectivity index (χ2v) is 8.30. The molecule has 4 rings (SSSR count). The first-order chi connectivity index (χ1) is 18.6. The van der Waals surface area contributed by atoms with Crippen LogP contribution in [-0.2, 0) is 0 Å². The highest BCUT2D eigenvalue weighted by atomic mass is 16.2. The molecule has 38 heavy (non-hydrogen) atoms. The molecule has 0 bridgehead atoms. The fraction of sp³-hybridized carbons (Fsp3) is 0. The SMILES string of the molecule is C=Cc1cccc(/C=N/NC(=O)c2ccc(-c3ccc(C(=O)N/N=C/c4cccc(C=C)c4)cc3)cc2)c1. The van der Waals surface area contributed by atoms with Gasteiger partial charge in [-0.25, -0.2) is 10.9 Å². The summed E-state index contributed by atoms with van der Waals surface area (Å²) < 4.78 is 0. The molecule has 186 valence electrons. The lowest BCUT2D eigenvalue weighted by Gasteiger charge is -2.06. The largest absolute Gasteiger partial charge is 0.271 e. The molecule has 2 N–H and O–H groups in total. The van der Waals surface area contributed by atoms with Crippen LogP contribution in [-0.4, -0.2) is 24.2 Å². The lowest BCUT2D eigenvalue weighted by atomic mass is 10.0. The first-order valence-corrected chi connectivity index (χ1v) is 11.9. The molecular formula is C32H26N4O2. The minimum atomic E-state index is -0.309. The fourth-order valence-electron chi connectivity index (χ4n) is 3.62. The van der Waals surface area contributed by atoms with E-state index in [0.29, 0.717) is 11.1 Å². The molecule has 0 saturated heterocycles. The van der Waals surface area contributed by atoms with Crippen molar-refractivity contribution >= 4 is 36.4 Å². The summed E-state index contributed by atoms with van der Waals surface area (Å²) in [5.74, 6) is -0.618. The molecule has 2 amide bonds. The molecule has 0 aliphatic carbocycles. The van der Waals surface area contributed by atoms with Gasteiger partial charge in [0, 0.05) is 11.1 Å². The van der Waals surface area contributed by atoms with E-state index in [-0.39, 0.29) is 11.8 Å². The van der Waals surface area contributed by atoms with Crippen LogP contribution in [0, 0.1) is 0 Å². The van der Waals surface area contributed by atoms with E-state index < -0.39 is 0 Å². The number of carbonyl (C=O) groups excluding carboxylic acids is 2. The molecule has 6 heteroatoms. The third kappa shape index (κ3) is 6.86. The second-order valence-electron chi connectivity index (χ2n) is 8.30. The summed E-state index contributed by atoms with van der Waals surface area (Å²) in [6.07, 6.45) is 6.67. The van der Waals surface area contributed by atoms with Gasteiger partial charge in [-0.05, 0) is 69.8 Å². The molecule has 0 saturated carbocycles. The summed E-state index contributed by atoms with van der Waals surface area (Å²) in [4.78, 5) is 24.9. The fourth-order valence-corrected chi connectivity index (χ4v) is 3.62. The van der Waals surface area contributed by atoms with Crippen molar-refractivity contribution < 1.29 is 9.59 Å². The summed E-state index contributed by atoms with van der Waals surface area (Å²) in [5.41, 5.74) is 11.6. The number of hydrogen-bond donors (Lipinski definition) is 2. The van der Waals surface area contributed by atoms with Crippen molar-refractivity contribution in [1.29, 1.82) is 0 Å². The lowest BCUT2D eigenvalue weighted by Crippen LogP contribution is -2.17. The van der Waals surface area contributed by atoms with Crippen molar-refractivity contribution in [3.05, 3.63) is 144 Å². The van der Waals surface area contributed by atoms with Crippen LogP contribution in [0.4, 0.5) is 0 Å². The van der Waals surface area contributed by atoms with Crippen LogP contribution in [0.2, 0.25) is 0 Å². The summed E-state index contributed by atoms with van der Waals surface area (Å²) >= 11 is 0. The molecule has 4 aromatic carbocycles. The van der Waals surface area contributed by atoms with Gasteiger partial charge >= 0.3 is 0 Å². The van der Waals surface area contributed by atoms with Crippen molar-refractivity contribution in [2.75, 3.05) is 0 Å². The Labute approximate surface area is 221 Å². The predicted molar refractivity (Wildman–Crippen MR) is 155 cm³/mol. The Morgan fingerprint density at radius 2 is 0.921 bits per heavy atom. The molecule has 0 spiro atoms. The maximum atomic E-state index is 12.4. The van der Waals surface area contributed by atoms with E-state index in [1.165, 1.54) is 0 Å². The topological polar surface area (TPSA) is 82.9 Å². The van der Waals surface area contributed by atoms with Gasteiger partial charge in [0.05, 0.1) is 12.4 Å². The van der Waals surface area contributed by atoms with Crippen molar-refractivity contribution in [3.8, 4) is 11.1 Å². The number of benzene rings is 4. The van der Waals surface area contributed by atoms with E-state index in [2.05, 4.69) is 34.2 Å². The van der Waals surface area contributed by atoms with Crippen LogP contribution >= 0.6 is 0 Å². The minimum Gasteiger partial charge on any atom is -0.267 e. The zero-order valence-electron chi connectivity index (χ0n) is 20.7. The zero-order chi connectivity index (χ0) is 26.7. The molecule has 0 aromatic heterocycles. The van der Waals surface area contributed by atoms with Gasteiger partial charge in [-0.3, -0.25) is 9.59 Å². The Bertz CT molecular complexity index is 1400. The molecule has 0 heterocycles. The van der Waals surface area contributed by atoms with Crippen molar-refractivity contribution in [1.82, 2.24) is 10.9 Å². The van der Waals surface area contributed by atoms with Crippen LogP contribution in [0.5, 0.6) is 0 Å². The zero-order valence-corrected chi connectivity index (χ0v) is 20.7. The van der Waals surface area contributed by atoms with Gasteiger partial charge in [0.15, 0.2) is 0 Å². The molecule has 0 aliphatic heterocycles. The Morgan fingerprint density at radius 1 is 0.553 bits per heavy atom. The average molecular weight is 499 g/mol. The van der Waals surface area contributed by atoms with E-state index in [9.17, 15) is 9.59 Å². The molecule has 0 fully saturated rings. The number of hydrogen-bond acceptors (Lipinski definition) is 4. The number of hydrazone groups is 2. The smallest absolute Gasteiger partial charge is 0.267 e. The molecule has 0 aliphatic rings. The van der Waals surface area contributed by atoms with Gasteiger partial charge in [0.25, 0.3) is 11.8 Å². The van der Waals surface area contributed by atoms with E-state index in [0.717, 1.165) is 33.4 Å². The lowest BCUT2D eigenvalue weighted by molar-refractivity contribution is 0.0947. The van der Waals surface area contributed by atoms with Gasteiger partial charge in [-0.2, -0.15) is 10.2 Å². The quantitative estimate of drug-likeness (QED) is 0.214. The standard InChI is InChI=1S/C32H26N4O2/c1-3-23-7-5-9-25(19-23)21-33-35-31(37)29-15-11-27(12-16-29)28-13-17-30(18-14-28)32(38)36-34-22-26-10-6-8-24(4-2)20-26/h3-22H,1-2H2,(H,35,37)(H,36,38)/b33-21+,34-22+. The minimum absolute atomic E-state index is 0.309. The van der Waals surface area contributed by atoms with Gasteiger partial charge in [0.1, 0.15) is 0 Å². The number of nitrogens with one attached hydrogen (secondary N) is 2. The average Bonchev–Trinajstić information content (AvgIpc) is 2.97. The van der Waals surface area contributed by atoms with Crippen molar-refractivity contribution in [2.45, 2.75) is 0 Å². The van der Waals surface area contributed by atoms with Crippen molar-refractivity contribution in [3.63, 3.8) is 0 Å². The summed E-state index contributed by atoms with van der Waals surface area (Å²) in [6, 6.07) is 29.6. The molecule has 0 unspecified atom stereocenters. The number of amides is 2. The Kier molecular flexibility index (Phi) is 8.50. The summed E-state index contributed by atoms with van der Waals surface area (Å²) in [7, 11) is 0. The third-order valence-electron chi connectivity index (χ3n) is 5.68. The summed E-state index contributed by atoms with van der Waals surface area (Å²) in [6.45, 7) is 7.49. The van der Waals surface area contributed by atoms with Gasteiger partial charge < -0.3 is 0 Å². The summed E-state index contributed by atoms with van der Waals surface area (Å²) in [5, 5.41) is 8.07. The van der Waals surface area contributed by atoms with E-state index in [1.807, 2.05) is 72.8 Å². The number of carbonyl (C=O) groups is 2. The molecule has 4 aromatic rings. The molecule has 0 radical (unpaired) electrons. The maximum Gasteiger partial charge on any atom is 0.271 e. The highest BCUT2D eigenvalue weighted by Crippen LogP contribution is 2.20. The normalized spacial score (nSPS) is 10.8. The van der Waals surface area contributed by atoms with Crippen LogP contribution < -0.4 is 10.9 Å². The monoisotopic (exact) mass is 498 g/mol. The second kappa shape index (κ2) is 12.6. The van der Waals surface area contributed by atoms with Crippen LogP contribution in [0.15, 0.2) is 120 Å². The van der Waals surface area contributed by atoms with E-state index >= 15 is 0 Å². The molecule has 6 nitrogen and oxygen atoms in total. The van der Waals surface area contributed by atoms with Crippen LogP contribution in [0.1, 0.15) is 43.0 Å². The number of rotatable bonds is 9. The predicted octanol–water partition coefficient (Wildman–Crippen LogP) is 6.17. The van der Waals surface area contributed by atoms with Crippen molar-refractivity contribution in [2.24, 2.45) is 10.2 Å². The Balaban J connectivity index is 1.33. The van der Waals surface area contributed by atoms with Gasteiger partial charge in [-0.15, -0.1) is 0 Å². The molecule has 0 atom stereocenters. The van der Waals surface area contributed by atoms with Crippen LogP contribution in [0.3, 0.4) is 0 Å². The molecular weight excluding hydrogens is 472 g/mol. The Hall–Kier alpha value is -5.36. The van der Waals surface area contributed by atoms with Gasteiger partial charge in [0.2, 0.25) is 0 Å².